The van der Waals surface area contributed by atoms with Crippen LogP contribution in [-0.2, 0) is 16.0 Å². The van der Waals surface area contributed by atoms with E-state index in [2.05, 4.69) is 5.32 Å². The Balaban J connectivity index is 1.68. The van der Waals surface area contributed by atoms with Crippen LogP contribution in [0.5, 0.6) is 0 Å². The minimum atomic E-state index is -4.87. The van der Waals surface area contributed by atoms with Gasteiger partial charge in [0, 0.05) is 31.5 Å². The molecule has 0 bridgehead atoms. The van der Waals surface area contributed by atoms with E-state index in [1.165, 1.54) is 0 Å². The second kappa shape index (κ2) is 8.80. The van der Waals surface area contributed by atoms with Crippen molar-refractivity contribution in [2.45, 2.75) is 44.2 Å². The van der Waals surface area contributed by atoms with Crippen molar-refractivity contribution in [1.82, 2.24) is 10.2 Å². The number of fused-ring (bicyclic) bond motifs is 1. The maximum atomic E-state index is 12.9. The molecule has 1 heterocycles. The summed E-state index contributed by atoms with van der Waals surface area (Å²) in [6, 6.07) is 7.48. The normalized spacial score (nSPS) is 20.8. The summed E-state index contributed by atoms with van der Waals surface area (Å²) in [4.78, 5) is 24.7. The third-order valence-corrected chi connectivity index (χ3v) is 5.54. The Bertz CT molecular complexity index is 739. The molecule has 0 saturated heterocycles. The molecule has 0 aromatic heterocycles. The number of nitrogens with one attached hydrogen (secondary N) is 1. The molecular formula is C21H25F3N2O2. The van der Waals surface area contributed by atoms with Crippen LogP contribution >= 0.6 is 0 Å². The van der Waals surface area contributed by atoms with E-state index in [1.54, 1.807) is 12.2 Å². The maximum absolute atomic E-state index is 12.9. The molecule has 4 nitrogen and oxygen atoms in total. The van der Waals surface area contributed by atoms with E-state index in [-0.39, 0.29) is 30.8 Å². The van der Waals surface area contributed by atoms with Gasteiger partial charge in [0.2, 0.25) is 5.91 Å². The summed E-state index contributed by atoms with van der Waals surface area (Å²) in [5.74, 6) is -2.02. The number of alkyl halides is 3. The summed E-state index contributed by atoms with van der Waals surface area (Å²) in [6.07, 6.45) is 3.08. The maximum Gasteiger partial charge on any atom is 0.471 e. The van der Waals surface area contributed by atoms with Gasteiger partial charge >= 0.3 is 12.1 Å². The molecule has 2 aliphatic rings. The van der Waals surface area contributed by atoms with Gasteiger partial charge in [-0.15, -0.1) is 0 Å². The SMILES string of the molecule is O=C(NC/C=C\C1CN(C(=O)C(F)(F)F)CCc2ccccc21)C1CCCC1. The predicted octanol–water partition coefficient (Wildman–Crippen LogP) is 3.58. The molecule has 28 heavy (non-hydrogen) atoms. The number of carbonyl (C=O) groups is 2. The van der Waals surface area contributed by atoms with Crippen LogP contribution in [0.3, 0.4) is 0 Å². The highest BCUT2D eigenvalue weighted by Crippen LogP contribution is 2.29. The Labute approximate surface area is 162 Å². The average molecular weight is 394 g/mol. The molecule has 1 fully saturated rings. The van der Waals surface area contributed by atoms with E-state index in [1.807, 2.05) is 24.3 Å². The molecule has 152 valence electrons. The number of nitrogens with zero attached hydrogens (tertiary/aromatic N) is 1. The van der Waals surface area contributed by atoms with Gasteiger partial charge in [0.05, 0.1) is 0 Å². The first-order valence-electron chi connectivity index (χ1n) is 9.74. The van der Waals surface area contributed by atoms with Crippen molar-refractivity contribution in [2.75, 3.05) is 19.6 Å². The second-order valence-electron chi connectivity index (χ2n) is 7.46. The lowest BCUT2D eigenvalue weighted by Crippen LogP contribution is -2.43. The molecule has 1 N–H and O–H groups in total. The lowest BCUT2D eigenvalue weighted by Gasteiger charge is -2.24. The molecule has 1 aliphatic heterocycles. The molecule has 3 rings (SSSR count). The minimum absolute atomic E-state index is 0.0254. The van der Waals surface area contributed by atoms with Gasteiger partial charge in [-0.05, 0) is 30.4 Å². The first kappa shape index (κ1) is 20.4. The van der Waals surface area contributed by atoms with E-state index in [9.17, 15) is 22.8 Å². The fourth-order valence-electron chi connectivity index (χ4n) is 4.06. The Morgan fingerprint density at radius 1 is 1.18 bits per heavy atom. The Kier molecular flexibility index (Phi) is 6.42. The number of benzene rings is 1. The van der Waals surface area contributed by atoms with Crippen molar-refractivity contribution in [3.63, 3.8) is 0 Å². The van der Waals surface area contributed by atoms with Gasteiger partial charge in [0.25, 0.3) is 0 Å². The number of halogens is 3. The van der Waals surface area contributed by atoms with E-state index in [0.717, 1.165) is 41.7 Å². The van der Waals surface area contributed by atoms with Crippen molar-refractivity contribution < 1.29 is 22.8 Å². The van der Waals surface area contributed by atoms with Crippen LogP contribution in [0.2, 0.25) is 0 Å². The van der Waals surface area contributed by atoms with E-state index < -0.39 is 12.1 Å². The third kappa shape index (κ3) is 4.94. The zero-order valence-corrected chi connectivity index (χ0v) is 15.7. The first-order valence-corrected chi connectivity index (χ1v) is 9.74. The molecular weight excluding hydrogens is 369 g/mol. The van der Waals surface area contributed by atoms with Crippen molar-refractivity contribution in [1.29, 1.82) is 0 Å². The van der Waals surface area contributed by atoms with Crippen LogP contribution in [0, 0.1) is 5.92 Å². The van der Waals surface area contributed by atoms with Crippen molar-refractivity contribution in [3.8, 4) is 0 Å². The van der Waals surface area contributed by atoms with Crippen LogP contribution in [0.4, 0.5) is 13.2 Å². The highest BCUT2D eigenvalue weighted by atomic mass is 19.4. The topological polar surface area (TPSA) is 49.4 Å². The lowest BCUT2D eigenvalue weighted by molar-refractivity contribution is -0.185. The first-order chi connectivity index (χ1) is 13.4. The summed E-state index contributed by atoms with van der Waals surface area (Å²) in [6.45, 7) is 0.349. The molecule has 2 amide bonds. The zero-order chi connectivity index (χ0) is 20.1. The zero-order valence-electron chi connectivity index (χ0n) is 15.7. The standard InChI is InChI=1S/C21H25F3N2O2/c22-21(23,24)20(28)26-13-11-15-6-3-4-10-18(15)17(14-26)9-5-12-25-19(27)16-7-1-2-8-16/h3-6,9-10,16-17H,1-2,7-8,11-14H2,(H,25,27)/b9-5-. The molecule has 0 radical (unpaired) electrons. The molecule has 7 heteroatoms. The minimum Gasteiger partial charge on any atom is -0.352 e. The molecule has 1 aromatic carbocycles. The average Bonchev–Trinajstić information content (AvgIpc) is 3.14. The van der Waals surface area contributed by atoms with Crippen LogP contribution in [0.1, 0.15) is 42.7 Å². The van der Waals surface area contributed by atoms with E-state index in [4.69, 9.17) is 0 Å². The molecule has 0 spiro atoms. The Morgan fingerprint density at radius 3 is 2.61 bits per heavy atom. The highest BCUT2D eigenvalue weighted by molar-refractivity contribution is 5.82. The molecule has 1 atom stereocenters. The van der Waals surface area contributed by atoms with Gasteiger partial charge in [-0.25, -0.2) is 0 Å². The monoisotopic (exact) mass is 394 g/mol. The van der Waals surface area contributed by atoms with Gasteiger partial charge in [0.15, 0.2) is 0 Å². The highest BCUT2D eigenvalue weighted by Gasteiger charge is 2.43. The molecule has 1 aliphatic carbocycles. The number of carbonyl (C=O) groups excluding carboxylic acids is 2. The van der Waals surface area contributed by atoms with Crippen LogP contribution in [0.25, 0.3) is 0 Å². The van der Waals surface area contributed by atoms with Crippen LogP contribution in [-0.4, -0.2) is 42.5 Å². The number of hydrogen-bond donors (Lipinski definition) is 1. The van der Waals surface area contributed by atoms with Crippen molar-refractivity contribution >= 4 is 11.8 Å². The Hall–Kier alpha value is -2.31. The summed E-state index contributed by atoms with van der Waals surface area (Å²) >= 11 is 0. The fourth-order valence-corrected chi connectivity index (χ4v) is 4.06. The van der Waals surface area contributed by atoms with Gasteiger partial charge in [-0.2, -0.15) is 13.2 Å². The number of hydrogen-bond acceptors (Lipinski definition) is 2. The summed E-state index contributed by atoms with van der Waals surface area (Å²) < 4.78 is 38.7. The lowest BCUT2D eigenvalue weighted by atomic mass is 9.93. The summed E-state index contributed by atoms with van der Waals surface area (Å²) in [5, 5.41) is 2.88. The molecule has 1 unspecified atom stereocenters. The summed E-state index contributed by atoms with van der Waals surface area (Å²) in [5.41, 5.74) is 1.88. The van der Waals surface area contributed by atoms with Crippen molar-refractivity contribution in [3.05, 3.63) is 47.5 Å². The third-order valence-electron chi connectivity index (χ3n) is 5.54. The van der Waals surface area contributed by atoms with E-state index >= 15 is 0 Å². The van der Waals surface area contributed by atoms with E-state index in [0.29, 0.717) is 13.0 Å². The number of amides is 2. The fraction of sp³-hybridized carbons (Fsp3) is 0.524. The quantitative estimate of drug-likeness (QED) is 0.794. The Morgan fingerprint density at radius 2 is 1.89 bits per heavy atom. The van der Waals surface area contributed by atoms with Gasteiger partial charge in [0.1, 0.15) is 0 Å². The van der Waals surface area contributed by atoms with Crippen LogP contribution < -0.4 is 5.32 Å². The molecule has 1 saturated carbocycles. The van der Waals surface area contributed by atoms with Gasteiger partial charge < -0.3 is 10.2 Å². The van der Waals surface area contributed by atoms with Gasteiger partial charge in [-0.3, -0.25) is 9.59 Å². The summed E-state index contributed by atoms with van der Waals surface area (Å²) in [7, 11) is 0. The van der Waals surface area contributed by atoms with Crippen molar-refractivity contribution in [2.24, 2.45) is 5.92 Å². The predicted molar refractivity (Wildman–Crippen MR) is 99.6 cm³/mol. The second-order valence-corrected chi connectivity index (χ2v) is 7.46. The van der Waals surface area contributed by atoms with Gasteiger partial charge in [-0.1, -0.05) is 49.3 Å². The molecule has 1 aromatic rings. The smallest absolute Gasteiger partial charge is 0.352 e. The number of rotatable bonds is 4. The van der Waals surface area contributed by atoms with Crippen LogP contribution in [0.15, 0.2) is 36.4 Å². The largest absolute Gasteiger partial charge is 0.471 e.